The zero-order valence-electron chi connectivity index (χ0n) is 15.2. The monoisotopic (exact) mass is 392 g/mol. The predicted molar refractivity (Wildman–Crippen MR) is 102 cm³/mol. The van der Waals surface area contributed by atoms with Crippen molar-refractivity contribution in [2.24, 2.45) is 11.8 Å². The second-order valence-corrected chi connectivity index (χ2v) is 6.86. The highest BCUT2D eigenvalue weighted by atomic mass is 16.6. The molecule has 29 heavy (non-hydrogen) atoms. The molecule has 1 fully saturated rings. The highest BCUT2D eigenvalue weighted by molar-refractivity contribution is 6.22. The molecule has 146 valence electrons. The van der Waals surface area contributed by atoms with Crippen molar-refractivity contribution in [2.45, 2.75) is 12.8 Å². The second-order valence-electron chi connectivity index (χ2n) is 6.86. The third-order valence-corrected chi connectivity index (χ3v) is 5.13. The standard InChI is InChI=1S/C21H16N2O6/c24-19-17-3-1-2-4-18(17)20(25)22(19)14-9-11-16(12-10-14)29-21(26)13-5-7-15(8-6-13)23(27)28/h1-2,5-12,17-18H,3-4H2. The average Bonchev–Trinajstić information content (AvgIpc) is 2.99. The summed E-state index contributed by atoms with van der Waals surface area (Å²) in [5.41, 5.74) is 0.479. The second kappa shape index (κ2) is 7.31. The summed E-state index contributed by atoms with van der Waals surface area (Å²) in [5, 5.41) is 10.7. The minimum absolute atomic E-state index is 0.124. The van der Waals surface area contributed by atoms with Crippen LogP contribution in [0.25, 0.3) is 0 Å². The van der Waals surface area contributed by atoms with Crippen LogP contribution in [0, 0.1) is 22.0 Å². The smallest absolute Gasteiger partial charge is 0.343 e. The fourth-order valence-corrected chi connectivity index (χ4v) is 3.60. The minimum Gasteiger partial charge on any atom is -0.423 e. The quantitative estimate of drug-likeness (QED) is 0.197. The SMILES string of the molecule is O=C(Oc1ccc(N2C(=O)C3CC=CCC3C2=O)cc1)c1ccc([N+](=O)[O-])cc1. The fourth-order valence-electron chi connectivity index (χ4n) is 3.60. The molecule has 1 aliphatic heterocycles. The normalized spacial score (nSPS) is 20.5. The van der Waals surface area contributed by atoms with E-state index < -0.39 is 10.9 Å². The Morgan fingerprint density at radius 2 is 1.48 bits per heavy atom. The molecule has 2 aromatic carbocycles. The van der Waals surface area contributed by atoms with Gasteiger partial charge in [-0.3, -0.25) is 24.6 Å². The number of hydrogen-bond acceptors (Lipinski definition) is 6. The van der Waals surface area contributed by atoms with Gasteiger partial charge in [0.2, 0.25) is 11.8 Å². The number of carbonyl (C=O) groups excluding carboxylic acids is 3. The van der Waals surface area contributed by atoms with E-state index >= 15 is 0 Å². The molecule has 0 N–H and O–H groups in total. The van der Waals surface area contributed by atoms with Crippen LogP contribution in [0.5, 0.6) is 5.75 Å². The number of nitrogens with zero attached hydrogens (tertiary/aromatic N) is 2. The number of non-ortho nitro benzene ring substituents is 1. The lowest BCUT2D eigenvalue weighted by atomic mass is 9.85. The third kappa shape index (κ3) is 3.40. The molecule has 0 spiro atoms. The summed E-state index contributed by atoms with van der Waals surface area (Å²) < 4.78 is 5.26. The van der Waals surface area contributed by atoms with Gasteiger partial charge in [0.15, 0.2) is 0 Å². The van der Waals surface area contributed by atoms with Gasteiger partial charge in [0, 0.05) is 12.1 Å². The number of allylic oxidation sites excluding steroid dienone is 2. The van der Waals surface area contributed by atoms with Crippen LogP contribution in [-0.2, 0) is 9.59 Å². The number of hydrogen-bond donors (Lipinski definition) is 0. The van der Waals surface area contributed by atoms with E-state index in [1.165, 1.54) is 41.3 Å². The van der Waals surface area contributed by atoms with Gasteiger partial charge in [-0.1, -0.05) is 12.2 Å². The first-order valence-corrected chi connectivity index (χ1v) is 9.05. The predicted octanol–water partition coefficient (Wildman–Crippen LogP) is 3.27. The highest BCUT2D eigenvalue weighted by Crippen LogP contribution is 2.38. The van der Waals surface area contributed by atoms with Crippen LogP contribution >= 0.6 is 0 Å². The van der Waals surface area contributed by atoms with E-state index in [0.29, 0.717) is 18.5 Å². The highest BCUT2D eigenvalue weighted by Gasteiger charge is 2.47. The van der Waals surface area contributed by atoms with Gasteiger partial charge < -0.3 is 4.74 Å². The Hall–Kier alpha value is -3.81. The number of benzene rings is 2. The van der Waals surface area contributed by atoms with Gasteiger partial charge in [-0.2, -0.15) is 0 Å². The first kappa shape index (κ1) is 18.5. The minimum atomic E-state index is -0.668. The summed E-state index contributed by atoms with van der Waals surface area (Å²) in [6, 6.07) is 11.2. The number of anilines is 1. The molecule has 4 rings (SSSR count). The van der Waals surface area contributed by atoms with Gasteiger partial charge in [-0.15, -0.1) is 0 Å². The molecule has 2 aromatic rings. The fraction of sp³-hybridized carbons (Fsp3) is 0.190. The summed E-state index contributed by atoms with van der Waals surface area (Å²) in [5.74, 6) is -1.48. The van der Waals surface area contributed by atoms with Crippen molar-refractivity contribution in [3.63, 3.8) is 0 Å². The molecule has 8 nitrogen and oxygen atoms in total. The van der Waals surface area contributed by atoms with E-state index in [0.717, 1.165) is 0 Å². The zero-order valence-corrected chi connectivity index (χ0v) is 15.2. The van der Waals surface area contributed by atoms with Crippen LogP contribution in [-0.4, -0.2) is 22.7 Å². The van der Waals surface area contributed by atoms with Gasteiger partial charge in [0.25, 0.3) is 5.69 Å². The zero-order chi connectivity index (χ0) is 20.5. The van der Waals surface area contributed by atoms with Crippen molar-refractivity contribution in [1.29, 1.82) is 0 Å². The number of amides is 2. The lowest BCUT2D eigenvalue weighted by molar-refractivity contribution is -0.384. The van der Waals surface area contributed by atoms with Gasteiger partial charge >= 0.3 is 5.97 Å². The number of fused-ring (bicyclic) bond motifs is 1. The molecule has 2 atom stereocenters. The summed E-state index contributed by atoms with van der Waals surface area (Å²) in [4.78, 5) is 48.7. The van der Waals surface area contributed by atoms with Gasteiger partial charge in [0.1, 0.15) is 5.75 Å². The van der Waals surface area contributed by atoms with E-state index in [1.807, 2.05) is 12.2 Å². The Bertz CT molecular complexity index is 1000. The summed E-state index contributed by atoms with van der Waals surface area (Å²) in [6.07, 6.45) is 4.99. The van der Waals surface area contributed by atoms with E-state index in [1.54, 1.807) is 12.1 Å². The largest absolute Gasteiger partial charge is 0.423 e. The van der Waals surface area contributed by atoms with Crippen LogP contribution in [0.1, 0.15) is 23.2 Å². The first-order chi connectivity index (χ1) is 14.0. The maximum absolute atomic E-state index is 12.6. The lowest BCUT2D eigenvalue weighted by Gasteiger charge is -2.15. The van der Waals surface area contributed by atoms with Gasteiger partial charge in [-0.05, 0) is 49.2 Å². The Kier molecular flexibility index (Phi) is 4.67. The summed E-state index contributed by atoms with van der Waals surface area (Å²) >= 11 is 0. The Morgan fingerprint density at radius 3 is 2.00 bits per heavy atom. The molecule has 0 saturated carbocycles. The van der Waals surface area contributed by atoms with Crippen LogP contribution in [0.15, 0.2) is 60.7 Å². The summed E-state index contributed by atoms with van der Waals surface area (Å²) in [7, 11) is 0. The van der Waals surface area contributed by atoms with Crippen molar-refractivity contribution >= 4 is 29.2 Å². The molecule has 2 unspecified atom stereocenters. The lowest BCUT2D eigenvalue weighted by Crippen LogP contribution is -2.30. The van der Waals surface area contributed by atoms with Crippen LogP contribution in [0.4, 0.5) is 11.4 Å². The maximum Gasteiger partial charge on any atom is 0.343 e. The molecule has 2 aliphatic rings. The summed E-state index contributed by atoms with van der Waals surface area (Å²) in [6.45, 7) is 0. The number of rotatable bonds is 4. The van der Waals surface area contributed by atoms with Crippen LogP contribution < -0.4 is 9.64 Å². The van der Waals surface area contributed by atoms with Gasteiger partial charge in [-0.25, -0.2) is 4.79 Å². The average molecular weight is 392 g/mol. The van der Waals surface area contributed by atoms with E-state index in [4.69, 9.17) is 4.74 Å². The number of imide groups is 1. The molecule has 0 bridgehead atoms. The first-order valence-electron chi connectivity index (χ1n) is 9.05. The van der Waals surface area contributed by atoms with Crippen LogP contribution in [0.2, 0.25) is 0 Å². The number of ether oxygens (including phenoxy) is 1. The molecule has 2 amide bonds. The number of nitro benzene ring substituents is 1. The number of esters is 1. The van der Waals surface area contributed by atoms with Crippen molar-refractivity contribution in [2.75, 3.05) is 4.90 Å². The molecule has 1 heterocycles. The molecule has 1 aliphatic carbocycles. The molecular formula is C21H16N2O6. The van der Waals surface area contributed by atoms with Crippen LogP contribution in [0.3, 0.4) is 0 Å². The van der Waals surface area contributed by atoms with Crippen molar-refractivity contribution in [3.8, 4) is 5.75 Å². The van der Waals surface area contributed by atoms with E-state index in [2.05, 4.69) is 0 Å². The molecular weight excluding hydrogens is 376 g/mol. The van der Waals surface area contributed by atoms with E-state index in [-0.39, 0.29) is 40.7 Å². The molecule has 8 heteroatoms. The van der Waals surface area contributed by atoms with Crippen molar-refractivity contribution < 1.29 is 24.0 Å². The Morgan fingerprint density at radius 1 is 0.931 bits per heavy atom. The Balaban J connectivity index is 1.47. The molecule has 0 radical (unpaired) electrons. The van der Waals surface area contributed by atoms with Crippen molar-refractivity contribution in [3.05, 3.63) is 76.4 Å². The molecule has 0 aromatic heterocycles. The topological polar surface area (TPSA) is 107 Å². The maximum atomic E-state index is 12.6. The number of nitro groups is 1. The Labute approximate surface area is 165 Å². The number of carbonyl (C=O) groups is 3. The molecule has 1 saturated heterocycles. The third-order valence-electron chi connectivity index (χ3n) is 5.13. The van der Waals surface area contributed by atoms with Crippen molar-refractivity contribution in [1.82, 2.24) is 0 Å². The van der Waals surface area contributed by atoms with E-state index in [9.17, 15) is 24.5 Å². The van der Waals surface area contributed by atoms with Gasteiger partial charge in [0.05, 0.1) is 28.0 Å².